The Morgan fingerprint density at radius 3 is 2.15 bits per heavy atom. The van der Waals surface area contributed by atoms with E-state index in [-0.39, 0.29) is 11.2 Å². The second kappa shape index (κ2) is 8.03. The van der Waals surface area contributed by atoms with Crippen LogP contribution in [0.4, 0.5) is 13.2 Å². The van der Waals surface area contributed by atoms with Gasteiger partial charge in [-0.2, -0.15) is 23.0 Å². The first-order chi connectivity index (χ1) is 16.3. The molecule has 5 aromatic rings. The van der Waals surface area contributed by atoms with Gasteiger partial charge in [-0.15, -0.1) is 0 Å². The van der Waals surface area contributed by atoms with Gasteiger partial charge in [-0.3, -0.25) is 9.36 Å². The highest BCUT2D eigenvalue weighted by molar-refractivity contribution is 6.05. The molecular weight excluding hydrogens is 447 g/mol. The van der Waals surface area contributed by atoms with Crippen LogP contribution < -0.4 is 5.56 Å². The summed E-state index contributed by atoms with van der Waals surface area (Å²) in [6, 6.07) is 20.1. The second-order valence-corrected chi connectivity index (χ2v) is 7.70. The Balaban J connectivity index is 1.83. The minimum atomic E-state index is -4.49. The number of rotatable bonds is 4. The molecule has 1 atom stereocenters. The fourth-order valence-corrected chi connectivity index (χ4v) is 4.12. The molecule has 6 nitrogen and oxygen atoms in total. The Hall–Kier alpha value is -4.11. The predicted molar refractivity (Wildman–Crippen MR) is 121 cm³/mol. The van der Waals surface area contributed by atoms with Gasteiger partial charge in [-0.1, -0.05) is 48.5 Å². The van der Waals surface area contributed by atoms with Crippen molar-refractivity contribution in [3.05, 3.63) is 100 Å². The number of nitrogens with zero attached hydrogens (tertiary/aromatic N) is 3. The van der Waals surface area contributed by atoms with Gasteiger partial charge < -0.3 is 9.84 Å². The number of aromatic hydroxyl groups is 1. The maximum Gasteiger partial charge on any atom is 0.416 e. The van der Waals surface area contributed by atoms with Crippen LogP contribution in [-0.4, -0.2) is 26.6 Å². The van der Waals surface area contributed by atoms with Crippen molar-refractivity contribution >= 4 is 21.8 Å². The molecule has 0 aliphatic rings. The standard InChI is InChI=1S/C25H18F3N3O3/c1-34-24(15-7-3-2-4-8-15)30-21-20(18-9-5-6-10-19(18)22(30)32)29-31(23(21)33)17-13-11-16(12-14-17)25(26,27)28/h2-14,24,33H,1H3. The molecule has 0 amide bonds. The van der Waals surface area contributed by atoms with Gasteiger partial charge in [0.2, 0.25) is 5.88 Å². The summed E-state index contributed by atoms with van der Waals surface area (Å²) in [4.78, 5) is 13.6. The molecule has 0 spiro atoms. The molecular formula is C25H18F3N3O3. The third kappa shape index (κ3) is 3.41. The molecule has 0 aliphatic heterocycles. The number of methoxy groups -OCH3 is 1. The summed E-state index contributed by atoms with van der Waals surface area (Å²) < 4.78 is 47.1. The van der Waals surface area contributed by atoms with Gasteiger partial charge in [0.15, 0.2) is 6.23 Å². The van der Waals surface area contributed by atoms with Crippen LogP contribution in [0.15, 0.2) is 83.7 Å². The number of hydrogen-bond donors (Lipinski definition) is 1. The van der Waals surface area contributed by atoms with E-state index >= 15 is 0 Å². The van der Waals surface area contributed by atoms with E-state index < -0.39 is 29.4 Å². The summed E-state index contributed by atoms with van der Waals surface area (Å²) in [7, 11) is 1.45. The van der Waals surface area contributed by atoms with Crippen molar-refractivity contribution in [2.75, 3.05) is 7.11 Å². The van der Waals surface area contributed by atoms with Gasteiger partial charge in [0.1, 0.15) is 11.0 Å². The lowest BCUT2D eigenvalue weighted by molar-refractivity contribution is -0.137. The Morgan fingerprint density at radius 2 is 1.53 bits per heavy atom. The van der Waals surface area contributed by atoms with Crippen LogP contribution in [0.5, 0.6) is 5.88 Å². The van der Waals surface area contributed by atoms with Gasteiger partial charge in [0, 0.05) is 23.4 Å². The molecule has 1 N–H and O–H groups in total. The van der Waals surface area contributed by atoms with Gasteiger partial charge >= 0.3 is 6.18 Å². The van der Waals surface area contributed by atoms with Crippen molar-refractivity contribution in [3.8, 4) is 11.6 Å². The average Bonchev–Trinajstić information content (AvgIpc) is 3.19. The fourth-order valence-electron chi connectivity index (χ4n) is 4.12. The second-order valence-electron chi connectivity index (χ2n) is 7.70. The molecule has 34 heavy (non-hydrogen) atoms. The minimum absolute atomic E-state index is 0.110. The van der Waals surface area contributed by atoms with E-state index in [1.54, 1.807) is 48.5 Å². The lowest BCUT2D eigenvalue weighted by atomic mass is 10.1. The number of aromatic nitrogens is 3. The van der Waals surface area contributed by atoms with Crippen molar-refractivity contribution in [2.24, 2.45) is 0 Å². The molecule has 0 bridgehead atoms. The van der Waals surface area contributed by atoms with Gasteiger partial charge in [0.05, 0.1) is 11.3 Å². The van der Waals surface area contributed by atoms with E-state index in [1.165, 1.54) is 23.8 Å². The summed E-state index contributed by atoms with van der Waals surface area (Å²) in [5.41, 5.74) is 0.0769. The van der Waals surface area contributed by atoms with E-state index in [9.17, 15) is 23.1 Å². The zero-order chi connectivity index (χ0) is 24.0. The molecule has 0 radical (unpaired) electrons. The maximum atomic E-state index is 13.6. The van der Waals surface area contributed by atoms with Crippen molar-refractivity contribution in [2.45, 2.75) is 12.4 Å². The summed E-state index contributed by atoms with van der Waals surface area (Å²) in [5.74, 6) is -0.393. The number of hydrogen-bond acceptors (Lipinski definition) is 4. The topological polar surface area (TPSA) is 69.3 Å². The summed E-state index contributed by atoms with van der Waals surface area (Å²) in [6.45, 7) is 0. The third-order valence-electron chi connectivity index (χ3n) is 5.69. The van der Waals surface area contributed by atoms with Crippen LogP contribution >= 0.6 is 0 Å². The largest absolute Gasteiger partial charge is 0.492 e. The average molecular weight is 465 g/mol. The molecule has 1 unspecified atom stereocenters. The molecule has 9 heteroatoms. The van der Waals surface area contributed by atoms with Crippen LogP contribution in [-0.2, 0) is 10.9 Å². The molecule has 0 saturated heterocycles. The van der Waals surface area contributed by atoms with E-state index in [4.69, 9.17) is 4.74 Å². The van der Waals surface area contributed by atoms with E-state index in [0.29, 0.717) is 21.9 Å². The molecule has 0 aliphatic carbocycles. The minimum Gasteiger partial charge on any atom is -0.492 e. The van der Waals surface area contributed by atoms with Crippen molar-refractivity contribution in [1.82, 2.24) is 14.3 Å². The summed E-state index contributed by atoms with van der Waals surface area (Å²) in [6.07, 6.45) is -5.37. The van der Waals surface area contributed by atoms with Crippen LogP contribution in [0.3, 0.4) is 0 Å². The van der Waals surface area contributed by atoms with Crippen molar-refractivity contribution in [3.63, 3.8) is 0 Å². The molecule has 0 fully saturated rings. The van der Waals surface area contributed by atoms with E-state index in [1.807, 2.05) is 6.07 Å². The molecule has 172 valence electrons. The zero-order valence-electron chi connectivity index (χ0n) is 17.8. The predicted octanol–water partition coefficient (Wildman–Crippen LogP) is 5.26. The first-order valence-electron chi connectivity index (χ1n) is 10.3. The highest BCUT2D eigenvalue weighted by Crippen LogP contribution is 2.35. The normalized spacial score (nSPS) is 12.9. The highest BCUT2D eigenvalue weighted by Gasteiger charge is 2.30. The highest BCUT2D eigenvalue weighted by atomic mass is 19.4. The first-order valence-corrected chi connectivity index (χ1v) is 10.3. The van der Waals surface area contributed by atoms with E-state index in [0.717, 1.165) is 16.8 Å². The first kappa shape index (κ1) is 21.7. The molecule has 3 aromatic carbocycles. The lowest BCUT2D eigenvalue weighted by Crippen LogP contribution is -2.27. The Morgan fingerprint density at radius 1 is 0.912 bits per heavy atom. The van der Waals surface area contributed by atoms with Gasteiger partial charge in [0.25, 0.3) is 5.56 Å². The monoisotopic (exact) mass is 465 g/mol. The number of ether oxygens (including phenoxy) is 1. The van der Waals surface area contributed by atoms with Crippen LogP contribution in [0, 0.1) is 0 Å². The Labute approximate surface area is 191 Å². The molecule has 0 saturated carbocycles. The van der Waals surface area contributed by atoms with Crippen LogP contribution in [0.1, 0.15) is 17.4 Å². The summed E-state index contributed by atoms with van der Waals surface area (Å²) in [5, 5.41) is 16.5. The van der Waals surface area contributed by atoms with Gasteiger partial charge in [-0.25, -0.2) is 0 Å². The zero-order valence-corrected chi connectivity index (χ0v) is 17.8. The third-order valence-corrected chi connectivity index (χ3v) is 5.69. The van der Waals surface area contributed by atoms with Crippen LogP contribution in [0.2, 0.25) is 0 Å². The number of benzene rings is 3. The fraction of sp³-hybridized carbons (Fsp3) is 0.120. The number of alkyl halides is 3. The van der Waals surface area contributed by atoms with Gasteiger partial charge in [-0.05, 0) is 30.3 Å². The van der Waals surface area contributed by atoms with Crippen molar-refractivity contribution < 1.29 is 23.0 Å². The smallest absolute Gasteiger partial charge is 0.416 e. The molecule has 2 heterocycles. The lowest BCUT2D eigenvalue weighted by Gasteiger charge is -2.20. The molecule has 2 aromatic heterocycles. The van der Waals surface area contributed by atoms with Crippen LogP contribution in [0.25, 0.3) is 27.5 Å². The van der Waals surface area contributed by atoms with Crippen molar-refractivity contribution in [1.29, 1.82) is 0 Å². The van der Waals surface area contributed by atoms with E-state index in [2.05, 4.69) is 5.10 Å². The summed E-state index contributed by atoms with van der Waals surface area (Å²) >= 11 is 0. The number of fused-ring (bicyclic) bond motifs is 3. The quantitative estimate of drug-likeness (QED) is 0.393. The SMILES string of the molecule is COC(c1ccccc1)n1c(=O)c2ccccc2c2nn(-c3ccc(C(F)(F)F)cc3)c(O)c21. The maximum absolute atomic E-state index is 13.6. The number of halogens is 3. The molecule has 5 rings (SSSR count). The Kier molecular flexibility index (Phi) is 5.13. The number of pyridine rings is 1. The Bertz CT molecular complexity index is 1560.